The number of hydrogen-bond donors (Lipinski definition) is 1. The van der Waals surface area contributed by atoms with Crippen LogP contribution in [0.25, 0.3) is 0 Å². The highest BCUT2D eigenvalue weighted by Gasteiger charge is 2.31. The fraction of sp³-hybridized carbons (Fsp3) is 0.625. The minimum atomic E-state index is 0.271. The second-order valence-electron chi connectivity index (χ2n) is 6.22. The Balaban J connectivity index is 2.00. The molecule has 0 bridgehead atoms. The van der Waals surface area contributed by atoms with Crippen LogP contribution in [0.5, 0.6) is 0 Å². The van der Waals surface area contributed by atoms with Gasteiger partial charge in [-0.3, -0.25) is 9.80 Å². The summed E-state index contributed by atoms with van der Waals surface area (Å²) in [7, 11) is 4.28. The molecule has 1 unspecified atom stereocenters. The Morgan fingerprint density at radius 2 is 1.89 bits per heavy atom. The molecule has 1 aromatic carbocycles. The maximum Gasteiger partial charge on any atom is 0.0446 e. The first-order chi connectivity index (χ1) is 9.03. The van der Waals surface area contributed by atoms with Crippen LogP contribution in [-0.2, 0) is 0 Å². The first-order valence-corrected chi connectivity index (χ1v) is 7.19. The van der Waals surface area contributed by atoms with Crippen LogP contribution >= 0.6 is 0 Å². The predicted molar refractivity (Wildman–Crippen MR) is 81.4 cm³/mol. The van der Waals surface area contributed by atoms with Gasteiger partial charge in [0, 0.05) is 37.8 Å². The predicted octanol–water partition coefficient (Wildman–Crippen LogP) is 1.97. The summed E-state index contributed by atoms with van der Waals surface area (Å²) in [6.45, 7) is 9.18. The van der Waals surface area contributed by atoms with E-state index in [9.17, 15) is 0 Å². The van der Waals surface area contributed by atoms with Gasteiger partial charge < -0.3 is 5.32 Å². The Morgan fingerprint density at radius 1 is 1.21 bits per heavy atom. The van der Waals surface area contributed by atoms with E-state index in [-0.39, 0.29) is 5.54 Å². The molecule has 1 aromatic rings. The normalized spacial score (nSPS) is 22.3. The van der Waals surface area contributed by atoms with Crippen molar-refractivity contribution in [1.82, 2.24) is 15.1 Å². The summed E-state index contributed by atoms with van der Waals surface area (Å²) in [4.78, 5) is 5.04. The lowest BCUT2D eigenvalue weighted by Gasteiger charge is -2.46. The van der Waals surface area contributed by atoms with Gasteiger partial charge in [0.2, 0.25) is 0 Å². The molecule has 1 N–H and O–H groups in total. The van der Waals surface area contributed by atoms with E-state index in [1.807, 2.05) is 0 Å². The zero-order valence-electron chi connectivity index (χ0n) is 12.7. The molecule has 0 saturated carbocycles. The molecule has 1 fully saturated rings. The monoisotopic (exact) mass is 261 g/mol. The number of piperazine rings is 1. The van der Waals surface area contributed by atoms with Crippen LogP contribution < -0.4 is 5.32 Å². The van der Waals surface area contributed by atoms with Crippen molar-refractivity contribution in [1.29, 1.82) is 0 Å². The third-order valence-corrected chi connectivity index (χ3v) is 4.39. The Hall–Kier alpha value is -0.900. The minimum Gasteiger partial charge on any atom is -0.312 e. The maximum absolute atomic E-state index is 3.45. The molecule has 0 spiro atoms. The molecule has 0 aromatic heterocycles. The molecule has 1 atom stereocenters. The summed E-state index contributed by atoms with van der Waals surface area (Å²) in [5.74, 6) is 0. The van der Waals surface area contributed by atoms with Crippen LogP contribution in [0.1, 0.15) is 25.5 Å². The SMILES string of the molecule is CNC(CN1CCN(C)C(C)(C)C1)c1ccccc1. The number of rotatable bonds is 4. The van der Waals surface area contributed by atoms with Crippen LogP contribution in [0.4, 0.5) is 0 Å². The summed E-state index contributed by atoms with van der Waals surface area (Å²) >= 11 is 0. The van der Waals surface area contributed by atoms with Gasteiger partial charge in [0.15, 0.2) is 0 Å². The molecule has 1 aliphatic heterocycles. The molecule has 1 heterocycles. The Kier molecular flexibility index (Phi) is 4.61. The average Bonchev–Trinajstić information content (AvgIpc) is 2.41. The average molecular weight is 261 g/mol. The lowest BCUT2D eigenvalue weighted by Crippen LogP contribution is -2.58. The van der Waals surface area contributed by atoms with Crippen LogP contribution in [0.2, 0.25) is 0 Å². The largest absolute Gasteiger partial charge is 0.312 e. The molecule has 0 amide bonds. The van der Waals surface area contributed by atoms with E-state index < -0.39 is 0 Å². The third-order valence-electron chi connectivity index (χ3n) is 4.39. The second-order valence-corrected chi connectivity index (χ2v) is 6.22. The van der Waals surface area contributed by atoms with E-state index in [1.54, 1.807) is 0 Å². The summed E-state index contributed by atoms with van der Waals surface area (Å²) in [6.07, 6.45) is 0. The van der Waals surface area contributed by atoms with Gasteiger partial charge >= 0.3 is 0 Å². The van der Waals surface area contributed by atoms with E-state index in [1.165, 1.54) is 5.56 Å². The molecule has 3 heteroatoms. The summed E-state index contributed by atoms with van der Waals surface area (Å²) in [6, 6.07) is 11.2. The van der Waals surface area contributed by atoms with Crippen molar-refractivity contribution in [2.24, 2.45) is 0 Å². The Morgan fingerprint density at radius 3 is 2.47 bits per heavy atom. The van der Waals surface area contributed by atoms with Crippen molar-refractivity contribution in [2.45, 2.75) is 25.4 Å². The Labute approximate surface area is 117 Å². The van der Waals surface area contributed by atoms with Crippen molar-refractivity contribution in [3.63, 3.8) is 0 Å². The topological polar surface area (TPSA) is 18.5 Å². The fourth-order valence-corrected chi connectivity index (χ4v) is 2.80. The molecule has 19 heavy (non-hydrogen) atoms. The van der Waals surface area contributed by atoms with Crippen molar-refractivity contribution in [3.05, 3.63) is 35.9 Å². The second kappa shape index (κ2) is 6.04. The number of hydrogen-bond acceptors (Lipinski definition) is 3. The molecule has 2 rings (SSSR count). The quantitative estimate of drug-likeness (QED) is 0.894. The van der Waals surface area contributed by atoms with Gasteiger partial charge in [-0.15, -0.1) is 0 Å². The highest BCUT2D eigenvalue weighted by atomic mass is 15.3. The number of likely N-dealkylation sites (N-methyl/N-ethyl adjacent to an activating group) is 2. The van der Waals surface area contributed by atoms with E-state index in [0.29, 0.717) is 6.04 Å². The van der Waals surface area contributed by atoms with Crippen molar-refractivity contribution >= 4 is 0 Å². The number of nitrogens with zero attached hydrogens (tertiary/aromatic N) is 2. The fourth-order valence-electron chi connectivity index (χ4n) is 2.80. The van der Waals surface area contributed by atoms with Gasteiger partial charge in [-0.1, -0.05) is 30.3 Å². The van der Waals surface area contributed by atoms with E-state index in [4.69, 9.17) is 0 Å². The molecular weight excluding hydrogens is 234 g/mol. The summed E-state index contributed by atoms with van der Waals surface area (Å²) < 4.78 is 0. The summed E-state index contributed by atoms with van der Waals surface area (Å²) in [5.41, 5.74) is 1.65. The van der Waals surface area contributed by atoms with Crippen molar-refractivity contribution in [2.75, 3.05) is 40.3 Å². The maximum atomic E-state index is 3.45. The highest BCUT2D eigenvalue weighted by Crippen LogP contribution is 2.21. The molecule has 0 radical (unpaired) electrons. The van der Waals surface area contributed by atoms with Gasteiger partial charge in [0.25, 0.3) is 0 Å². The lowest BCUT2D eigenvalue weighted by atomic mass is 9.98. The smallest absolute Gasteiger partial charge is 0.0446 e. The van der Waals surface area contributed by atoms with Gasteiger partial charge in [-0.2, -0.15) is 0 Å². The minimum absolute atomic E-state index is 0.271. The zero-order chi connectivity index (χ0) is 13.9. The Bertz CT molecular complexity index is 388. The van der Waals surface area contributed by atoms with E-state index in [2.05, 4.69) is 73.4 Å². The molecular formula is C16H27N3. The van der Waals surface area contributed by atoms with Crippen molar-refractivity contribution < 1.29 is 0 Å². The van der Waals surface area contributed by atoms with E-state index >= 15 is 0 Å². The number of nitrogens with one attached hydrogen (secondary N) is 1. The van der Waals surface area contributed by atoms with Crippen molar-refractivity contribution in [3.8, 4) is 0 Å². The molecule has 106 valence electrons. The first kappa shape index (κ1) is 14.5. The molecule has 1 saturated heterocycles. The van der Waals surface area contributed by atoms with Gasteiger partial charge in [-0.25, -0.2) is 0 Å². The van der Waals surface area contributed by atoms with Crippen LogP contribution in [0.3, 0.4) is 0 Å². The molecule has 0 aliphatic carbocycles. The lowest BCUT2D eigenvalue weighted by molar-refractivity contribution is 0.0355. The standard InChI is InChI=1S/C16H27N3/c1-16(2)13-19(11-10-18(16)4)12-15(17-3)14-8-6-5-7-9-14/h5-9,15,17H,10-13H2,1-4H3. The van der Waals surface area contributed by atoms with Gasteiger partial charge in [0.1, 0.15) is 0 Å². The first-order valence-electron chi connectivity index (χ1n) is 7.19. The van der Waals surface area contributed by atoms with Gasteiger partial charge in [0.05, 0.1) is 0 Å². The highest BCUT2D eigenvalue weighted by molar-refractivity contribution is 5.19. The van der Waals surface area contributed by atoms with E-state index in [0.717, 1.165) is 26.2 Å². The van der Waals surface area contributed by atoms with Crippen LogP contribution in [0.15, 0.2) is 30.3 Å². The number of benzene rings is 1. The van der Waals surface area contributed by atoms with Gasteiger partial charge in [-0.05, 0) is 33.5 Å². The molecule has 1 aliphatic rings. The summed E-state index contributed by atoms with van der Waals surface area (Å²) in [5, 5.41) is 3.45. The van der Waals surface area contributed by atoms with Crippen LogP contribution in [-0.4, -0.2) is 55.6 Å². The molecule has 3 nitrogen and oxygen atoms in total. The third kappa shape index (κ3) is 3.56. The van der Waals surface area contributed by atoms with Crippen LogP contribution in [0, 0.1) is 0 Å². The zero-order valence-corrected chi connectivity index (χ0v) is 12.7.